The molecule has 1 aromatic heterocycles. The maximum absolute atomic E-state index is 12.8. The van der Waals surface area contributed by atoms with Crippen molar-refractivity contribution in [3.8, 4) is 0 Å². The number of anilines is 1. The standard InChI is InChI=1S/C21H22F3N5O4/c22-21(23,24)15-3-4-17(18(12-15)29(32)33)26-9-5-19(30)28-10-6-16(7-11-28)27-20(31)14-2-1-8-25-13-14/h1-4,8,12-13,16,26H,5-7,9-11H2,(H,27,31). The van der Waals surface area contributed by atoms with Crippen LogP contribution in [0.4, 0.5) is 24.5 Å². The van der Waals surface area contributed by atoms with Crippen LogP contribution in [0.5, 0.6) is 0 Å². The maximum atomic E-state index is 12.8. The van der Waals surface area contributed by atoms with Gasteiger partial charge in [0.15, 0.2) is 0 Å². The molecule has 0 radical (unpaired) electrons. The monoisotopic (exact) mass is 465 g/mol. The zero-order valence-electron chi connectivity index (χ0n) is 17.5. The molecule has 2 amide bonds. The van der Waals surface area contributed by atoms with E-state index in [1.165, 1.54) is 6.20 Å². The summed E-state index contributed by atoms with van der Waals surface area (Å²) in [7, 11) is 0. The predicted molar refractivity (Wildman–Crippen MR) is 113 cm³/mol. The fourth-order valence-electron chi connectivity index (χ4n) is 3.51. The van der Waals surface area contributed by atoms with Gasteiger partial charge in [-0.3, -0.25) is 24.7 Å². The second-order valence-electron chi connectivity index (χ2n) is 7.53. The van der Waals surface area contributed by atoms with Gasteiger partial charge in [-0.2, -0.15) is 13.2 Å². The van der Waals surface area contributed by atoms with E-state index in [-0.39, 0.29) is 36.5 Å². The summed E-state index contributed by atoms with van der Waals surface area (Å²) in [5.74, 6) is -0.413. The number of aromatic nitrogens is 1. The third kappa shape index (κ3) is 6.40. The van der Waals surface area contributed by atoms with Crippen LogP contribution in [0, 0.1) is 10.1 Å². The van der Waals surface area contributed by atoms with Gasteiger partial charge in [0, 0.05) is 50.6 Å². The number of hydrogen-bond donors (Lipinski definition) is 2. The molecule has 0 spiro atoms. The van der Waals surface area contributed by atoms with Crippen molar-refractivity contribution in [3.05, 3.63) is 64.0 Å². The average Bonchev–Trinajstić information content (AvgIpc) is 2.79. The van der Waals surface area contributed by atoms with Gasteiger partial charge in [-0.15, -0.1) is 0 Å². The number of pyridine rings is 1. The van der Waals surface area contributed by atoms with Crippen LogP contribution in [0.2, 0.25) is 0 Å². The molecule has 2 N–H and O–H groups in total. The molecule has 0 bridgehead atoms. The van der Waals surface area contributed by atoms with E-state index in [0.717, 1.165) is 12.1 Å². The van der Waals surface area contributed by atoms with Gasteiger partial charge in [-0.25, -0.2) is 0 Å². The number of rotatable bonds is 7. The molecule has 1 aromatic carbocycles. The number of carbonyl (C=O) groups is 2. The Morgan fingerprint density at radius 2 is 1.94 bits per heavy atom. The van der Waals surface area contributed by atoms with Crippen molar-refractivity contribution in [2.45, 2.75) is 31.5 Å². The Hall–Kier alpha value is -3.70. The minimum Gasteiger partial charge on any atom is -0.379 e. The Balaban J connectivity index is 1.46. The van der Waals surface area contributed by atoms with Crippen LogP contribution in [0.3, 0.4) is 0 Å². The molecule has 0 aliphatic carbocycles. The minimum absolute atomic E-state index is 0.0187. The van der Waals surface area contributed by atoms with E-state index in [9.17, 15) is 32.9 Å². The van der Waals surface area contributed by atoms with Crippen LogP contribution in [0.25, 0.3) is 0 Å². The third-order valence-corrected chi connectivity index (χ3v) is 5.28. The average molecular weight is 465 g/mol. The molecule has 1 aliphatic heterocycles. The van der Waals surface area contributed by atoms with Gasteiger partial charge >= 0.3 is 6.18 Å². The van der Waals surface area contributed by atoms with Gasteiger partial charge < -0.3 is 15.5 Å². The Morgan fingerprint density at radius 1 is 1.21 bits per heavy atom. The molecular weight excluding hydrogens is 443 g/mol. The van der Waals surface area contributed by atoms with E-state index in [1.807, 2.05) is 0 Å². The molecule has 12 heteroatoms. The lowest BCUT2D eigenvalue weighted by Gasteiger charge is -2.32. The quantitative estimate of drug-likeness (QED) is 0.479. The fraction of sp³-hybridized carbons (Fsp3) is 0.381. The van der Waals surface area contributed by atoms with Crippen molar-refractivity contribution >= 4 is 23.2 Å². The van der Waals surface area contributed by atoms with Gasteiger partial charge in [0.25, 0.3) is 11.6 Å². The molecule has 2 heterocycles. The molecule has 1 saturated heterocycles. The smallest absolute Gasteiger partial charge is 0.379 e. The SMILES string of the molecule is O=C(NC1CCN(C(=O)CCNc2ccc(C(F)(F)F)cc2[N+](=O)[O-])CC1)c1cccnc1. The molecule has 33 heavy (non-hydrogen) atoms. The number of piperidine rings is 1. The van der Waals surface area contributed by atoms with E-state index in [0.29, 0.717) is 37.6 Å². The van der Waals surface area contributed by atoms with Gasteiger partial charge in [-0.1, -0.05) is 0 Å². The van der Waals surface area contributed by atoms with Crippen LogP contribution >= 0.6 is 0 Å². The van der Waals surface area contributed by atoms with E-state index in [2.05, 4.69) is 15.6 Å². The summed E-state index contributed by atoms with van der Waals surface area (Å²) < 4.78 is 38.4. The van der Waals surface area contributed by atoms with E-state index in [4.69, 9.17) is 0 Å². The van der Waals surface area contributed by atoms with Crippen molar-refractivity contribution in [1.82, 2.24) is 15.2 Å². The topological polar surface area (TPSA) is 117 Å². The van der Waals surface area contributed by atoms with Crippen LogP contribution in [0.15, 0.2) is 42.7 Å². The number of nitro benzene ring substituents is 1. The summed E-state index contributed by atoms with van der Waals surface area (Å²) in [6.07, 6.45) is -0.466. The number of nitrogens with one attached hydrogen (secondary N) is 2. The Morgan fingerprint density at radius 3 is 2.55 bits per heavy atom. The molecule has 2 aromatic rings. The lowest BCUT2D eigenvalue weighted by Crippen LogP contribution is -2.46. The highest BCUT2D eigenvalue weighted by Gasteiger charge is 2.33. The van der Waals surface area contributed by atoms with E-state index < -0.39 is 22.4 Å². The number of likely N-dealkylation sites (tertiary alicyclic amines) is 1. The highest BCUT2D eigenvalue weighted by atomic mass is 19.4. The largest absolute Gasteiger partial charge is 0.416 e. The van der Waals surface area contributed by atoms with Crippen molar-refractivity contribution in [1.29, 1.82) is 0 Å². The number of alkyl halides is 3. The number of carbonyl (C=O) groups excluding carboxylic acids is 2. The number of hydrogen-bond acceptors (Lipinski definition) is 6. The molecule has 0 saturated carbocycles. The lowest BCUT2D eigenvalue weighted by atomic mass is 10.0. The van der Waals surface area contributed by atoms with Crippen LogP contribution in [-0.4, -0.2) is 52.3 Å². The summed E-state index contributed by atoms with van der Waals surface area (Å²) >= 11 is 0. The zero-order valence-corrected chi connectivity index (χ0v) is 17.5. The fourth-order valence-corrected chi connectivity index (χ4v) is 3.51. The normalized spacial score (nSPS) is 14.6. The molecule has 9 nitrogen and oxygen atoms in total. The summed E-state index contributed by atoms with van der Waals surface area (Å²) in [5, 5.41) is 16.7. The van der Waals surface area contributed by atoms with Crippen molar-refractivity contribution < 1.29 is 27.7 Å². The second-order valence-corrected chi connectivity index (χ2v) is 7.53. The first-order chi connectivity index (χ1) is 15.6. The number of amides is 2. The Bertz CT molecular complexity index is 1010. The lowest BCUT2D eigenvalue weighted by molar-refractivity contribution is -0.384. The summed E-state index contributed by atoms with van der Waals surface area (Å²) in [5.41, 5.74) is -1.45. The maximum Gasteiger partial charge on any atom is 0.416 e. The molecule has 3 rings (SSSR count). The van der Waals surface area contributed by atoms with Gasteiger partial charge in [0.2, 0.25) is 5.91 Å². The van der Waals surface area contributed by atoms with Crippen LogP contribution in [0.1, 0.15) is 35.2 Å². The molecule has 0 atom stereocenters. The van der Waals surface area contributed by atoms with Gasteiger partial charge in [0.05, 0.1) is 16.1 Å². The third-order valence-electron chi connectivity index (χ3n) is 5.28. The number of benzene rings is 1. The highest BCUT2D eigenvalue weighted by Crippen LogP contribution is 2.34. The van der Waals surface area contributed by atoms with Crippen molar-refractivity contribution in [2.24, 2.45) is 0 Å². The minimum atomic E-state index is -4.69. The van der Waals surface area contributed by atoms with Crippen LogP contribution < -0.4 is 10.6 Å². The Labute approximate surface area is 187 Å². The first-order valence-electron chi connectivity index (χ1n) is 10.2. The zero-order chi connectivity index (χ0) is 24.0. The van der Waals surface area contributed by atoms with E-state index in [1.54, 1.807) is 23.2 Å². The number of halogens is 3. The first-order valence-corrected chi connectivity index (χ1v) is 10.2. The highest BCUT2D eigenvalue weighted by molar-refractivity contribution is 5.94. The molecule has 1 fully saturated rings. The van der Waals surface area contributed by atoms with Gasteiger partial charge in [0.1, 0.15) is 5.69 Å². The van der Waals surface area contributed by atoms with Crippen molar-refractivity contribution in [2.75, 3.05) is 25.0 Å². The summed E-state index contributed by atoms with van der Waals surface area (Å²) in [6.45, 7) is 0.914. The predicted octanol–water partition coefficient (Wildman–Crippen LogP) is 3.23. The van der Waals surface area contributed by atoms with Crippen LogP contribution in [-0.2, 0) is 11.0 Å². The Kier molecular flexibility index (Phi) is 7.46. The summed E-state index contributed by atoms with van der Waals surface area (Å²) in [4.78, 5) is 40.4. The summed E-state index contributed by atoms with van der Waals surface area (Å²) in [6, 6.07) is 5.46. The molecule has 176 valence electrons. The molecular formula is C21H22F3N5O4. The van der Waals surface area contributed by atoms with Crippen molar-refractivity contribution in [3.63, 3.8) is 0 Å². The molecule has 0 unspecified atom stereocenters. The number of nitro groups is 1. The number of nitrogens with zero attached hydrogens (tertiary/aromatic N) is 3. The second kappa shape index (κ2) is 10.3. The van der Waals surface area contributed by atoms with E-state index >= 15 is 0 Å². The first kappa shape index (κ1) is 24.0. The van der Waals surface area contributed by atoms with Gasteiger partial charge in [-0.05, 0) is 37.1 Å². The molecule has 1 aliphatic rings.